The molecule has 0 atom stereocenters. The maximum absolute atomic E-state index is 12.1. The standard InChI is InChI=1S/C21H24N2O4/c1-2-27-20(25)9-6-14-22-19(24)15-23-21(26)18-12-10-17(11-13-18)16-7-4-3-5-8-16/h3-5,7-8,10-13H,2,6,9,14-15H2,1H3,(H,22,24)(H,23,26). The zero-order valence-electron chi connectivity index (χ0n) is 15.4. The first-order valence-electron chi connectivity index (χ1n) is 8.96. The number of carbonyl (C=O) groups is 3. The largest absolute Gasteiger partial charge is 0.466 e. The van der Waals surface area contributed by atoms with Crippen LogP contribution in [0, 0.1) is 0 Å². The van der Waals surface area contributed by atoms with Crippen LogP contribution in [0.5, 0.6) is 0 Å². The summed E-state index contributed by atoms with van der Waals surface area (Å²) in [6.45, 7) is 2.35. The maximum Gasteiger partial charge on any atom is 0.305 e. The van der Waals surface area contributed by atoms with Crippen molar-refractivity contribution in [1.82, 2.24) is 10.6 Å². The monoisotopic (exact) mass is 368 g/mol. The van der Waals surface area contributed by atoms with Crippen molar-refractivity contribution < 1.29 is 19.1 Å². The molecule has 2 N–H and O–H groups in total. The molecule has 6 heteroatoms. The van der Waals surface area contributed by atoms with Gasteiger partial charge in [-0.05, 0) is 36.6 Å². The quantitative estimate of drug-likeness (QED) is 0.526. The molecule has 0 bridgehead atoms. The fourth-order valence-electron chi connectivity index (χ4n) is 2.46. The molecule has 0 aliphatic carbocycles. The Kier molecular flexibility index (Phi) is 8.03. The number of carbonyl (C=O) groups excluding carboxylic acids is 3. The second-order valence-electron chi connectivity index (χ2n) is 5.88. The Labute approximate surface area is 158 Å². The number of nitrogens with one attached hydrogen (secondary N) is 2. The van der Waals surface area contributed by atoms with Crippen molar-refractivity contribution in [3.05, 3.63) is 60.2 Å². The van der Waals surface area contributed by atoms with Gasteiger partial charge < -0.3 is 15.4 Å². The SMILES string of the molecule is CCOC(=O)CCCNC(=O)CNC(=O)c1ccc(-c2ccccc2)cc1. The first kappa shape index (κ1) is 20.2. The molecule has 0 aliphatic rings. The highest BCUT2D eigenvalue weighted by atomic mass is 16.5. The zero-order chi connectivity index (χ0) is 19.5. The summed E-state index contributed by atoms with van der Waals surface area (Å²) in [5, 5.41) is 5.24. The zero-order valence-corrected chi connectivity index (χ0v) is 15.4. The number of esters is 1. The lowest BCUT2D eigenvalue weighted by molar-refractivity contribution is -0.143. The molecular formula is C21H24N2O4. The molecule has 6 nitrogen and oxygen atoms in total. The summed E-state index contributed by atoms with van der Waals surface area (Å²) in [7, 11) is 0. The van der Waals surface area contributed by atoms with Crippen LogP contribution in [0.1, 0.15) is 30.1 Å². The van der Waals surface area contributed by atoms with Crippen LogP contribution in [0.4, 0.5) is 0 Å². The molecule has 2 rings (SSSR count). The molecule has 0 spiro atoms. The van der Waals surface area contributed by atoms with Gasteiger partial charge in [-0.3, -0.25) is 14.4 Å². The van der Waals surface area contributed by atoms with Crippen molar-refractivity contribution in [3.63, 3.8) is 0 Å². The molecule has 0 aromatic heterocycles. The van der Waals surface area contributed by atoms with E-state index in [9.17, 15) is 14.4 Å². The van der Waals surface area contributed by atoms with Crippen LogP contribution in [-0.2, 0) is 14.3 Å². The molecule has 0 fully saturated rings. The fraction of sp³-hybridized carbons (Fsp3) is 0.286. The number of hydrogen-bond donors (Lipinski definition) is 2. The van der Waals surface area contributed by atoms with Crippen LogP contribution in [0.15, 0.2) is 54.6 Å². The van der Waals surface area contributed by atoms with Gasteiger partial charge in [-0.1, -0.05) is 42.5 Å². The predicted molar refractivity (Wildman–Crippen MR) is 103 cm³/mol. The molecule has 27 heavy (non-hydrogen) atoms. The first-order chi connectivity index (χ1) is 13.1. The Bertz CT molecular complexity index is 758. The Balaban J connectivity index is 1.72. The summed E-state index contributed by atoms with van der Waals surface area (Å²) in [6.07, 6.45) is 0.758. The van der Waals surface area contributed by atoms with Crippen molar-refractivity contribution in [1.29, 1.82) is 0 Å². The van der Waals surface area contributed by atoms with E-state index in [0.29, 0.717) is 25.1 Å². The van der Waals surface area contributed by atoms with Crippen molar-refractivity contribution >= 4 is 17.8 Å². The Morgan fingerprint density at radius 1 is 0.889 bits per heavy atom. The fourth-order valence-corrected chi connectivity index (χ4v) is 2.46. The van der Waals surface area contributed by atoms with Gasteiger partial charge in [0.2, 0.25) is 5.91 Å². The minimum atomic E-state index is -0.309. The highest BCUT2D eigenvalue weighted by Crippen LogP contribution is 2.19. The molecule has 0 heterocycles. The van der Waals surface area contributed by atoms with Gasteiger partial charge in [0, 0.05) is 18.5 Å². The van der Waals surface area contributed by atoms with Crippen molar-refractivity contribution in [3.8, 4) is 11.1 Å². The van der Waals surface area contributed by atoms with Gasteiger partial charge >= 0.3 is 5.97 Å². The minimum absolute atomic E-state index is 0.112. The topological polar surface area (TPSA) is 84.5 Å². The third kappa shape index (κ3) is 6.93. The maximum atomic E-state index is 12.1. The molecule has 2 aromatic rings. The Morgan fingerprint density at radius 2 is 1.56 bits per heavy atom. The summed E-state index contributed by atoms with van der Waals surface area (Å²) in [5.41, 5.74) is 2.59. The second kappa shape index (κ2) is 10.8. The molecule has 0 unspecified atom stereocenters. The van der Waals surface area contributed by atoms with Crippen molar-refractivity contribution in [2.24, 2.45) is 0 Å². The Morgan fingerprint density at radius 3 is 2.22 bits per heavy atom. The van der Waals surface area contributed by atoms with Crippen LogP contribution in [-0.4, -0.2) is 37.5 Å². The van der Waals surface area contributed by atoms with Crippen molar-refractivity contribution in [2.45, 2.75) is 19.8 Å². The van der Waals surface area contributed by atoms with Gasteiger partial charge in [0.15, 0.2) is 0 Å². The molecule has 0 aliphatic heterocycles. The summed E-state index contributed by atoms with van der Waals surface area (Å²) < 4.78 is 4.80. The predicted octanol–water partition coefficient (Wildman–Crippen LogP) is 2.54. The average molecular weight is 368 g/mol. The molecular weight excluding hydrogens is 344 g/mol. The molecule has 142 valence electrons. The van der Waals surface area contributed by atoms with E-state index in [-0.39, 0.29) is 30.7 Å². The van der Waals surface area contributed by atoms with Crippen LogP contribution in [0.25, 0.3) is 11.1 Å². The van der Waals surface area contributed by atoms with Gasteiger partial charge in [0.25, 0.3) is 5.91 Å². The van der Waals surface area contributed by atoms with E-state index < -0.39 is 0 Å². The molecule has 2 aromatic carbocycles. The lowest BCUT2D eigenvalue weighted by Crippen LogP contribution is -2.37. The van der Waals surface area contributed by atoms with Crippen LogP contribution < -0.4 is 10.6 Å². The third-order valence-corrected chi connectivity index (χ3v) is 3.85. The van der Waals surface area contributed by atoms with Gasteiger partial charge in [-0.15, -0.1) is 0 Å². The van der Waals surface area contributed by atoms with Crippen LogP contribution >= 0.6 is 0 Å². The third-order valence-electron chi connectivity index (χ3n) is 3.85. The smallest absolute Gasteiger partial charge is 0.305 e. The molecule has 0 saturated carbocycles. The summed E-state index contributed by atoms with van der Waals surface area (Å²) in [5.74, 6) is -0.886. The second-order valence-corrected chi connectivity index (χ2v) is 5.88. The van der Waals surface area contributed by atoms with Gasteiger partial charge in [-0.25, -0.2) is 0 Å². The summed E-state index contributed by atoms with van der Waals surface area (Å²) in [6, 6.07) is 17.1. The number of rotatable bonds is 9. The minimum Gasteiger partial charge on any atom is -0.466 e. The highest BCUT2D eigenvalue weighted by Gasteiger charge is 2.09. The van der Waals surface area contributed by atoms with E-state index in [1.165, 1.54) is 0 Å². The van der Waals surface area contributed by atoms with E-state index in [4.69, 9.17) is 4.74 Å². The van der Waals surface area contributed by atoms with Crippen LogP contribution in [0.2, 0.25) is 0 Å². The van der Waals surface area contributed by atoms with E-state index in [1.54, 1.807) is 19.1 Å². The van der Waals surface area contributed by atoms with Gasteiger partial charge in [-0.2, -0.15) is 0 Å². The number of hydrogen-bond acceptors (Lipinski definition) is 4. The molecule has 2 amide bonds. The summed E-state index contributed by atoms with van der Waals surface area (Å²) in [4.78, 5) is 35.1. The van der Waals surface area contributed by atoms with E-state index in [0.717, 1.165) is 11.1 Å². The summed E-state index contributed by atoms with van der Waals surface area (Å²) >= 11 is 0. The van der Waals surface area contributed by atoms with Gasteiger partial charge in [0.05, 0.1) is 13.2 Å². The van der Waals surface area contributed by atoms with Crippen LogP contribution in [0.3, 0.4) is 0 Å². The number of amides is 2. The van der Waals surface area contributed by atoms with Gasteiger partial charge in [0.1, 0.15) is 0 Å². The Hall–Kier alpha value is -3.15. The number of benzene rings is 2. The molecule has 0 saturated heterocycles. The lowest BCUT2D eigenvalue weighted by Gasteiger charge is -2.08. The highest BCUT2D eigenvalue weighted by molar-refractivity contribution is 5.96. The normalized spacial score (nSPS) is 10.1. The lowest BCUT2D eigenvalue weighted by atomic mass is 10.0. The van der Waals surface area contributed by atoms with E-state index in [1.807, 2.05) is 42.5 Å². The molecule has 0 radical (unpaired) electrons. The first-order valence-corrected chi connectivity index (χ1v) is 8.96. The van der Waals surface area contributed by atoms with E-state index >= 15 is 0 Å². The average Bonchev–Trinajstić information content (AvgIpc) is 2.70. The number of ether oxygens (including phenoxy) is 1. The van der Waals surface area contributed by atoms with Crippen molar-refractivity contribution in [2.75, 3.05) is 19.7 Å². The van der Waals surface area contributed by atoms with E-state index in [2.05, 4.69) is 10.6 Å².